The predicted octanol–water partition coefficient (Wildman–Crippen LogP) is 3.75. The lowest BCUT2D eigenvalue weighted by atomic mass is 10.2. The Labute approximate surface area is 105 Å². The van der Waals surface area contributed by atoms with Crippen molar-refractivity contribution in [3.05, 3.63) is 27.2 Å². The summed E-state index contributed by atoms with van der Waals surface area (Å²) >= 11 is 18.8. The molecule has 3 nitrogen and oxygen atoms in total. The van der Waals surface area contributed by atoms with Gasteiger partial charge in [-0.15, -0.1) is 10.2 Å². The lowest BCUT2D eigenvalue weighted by molar-refractivity contribution is 1.10. The maximum atomic E-state index is 5.88. The van der Waals surface area contributed by atoms with Crippen LogP contribution in [0.2, 0.25) is 15.1 Å². The number of anilines is 1. The van der Waals surface area contributed by atoms with Crippen LogP contribution in [-0.2, 0) is 0 Å². The van der Waals surface area contributed by atoms with Crippen LogP contribution in [0.1, 0.15) is 0 Å². The third kappa shape index (κ3) is 2.18. The third-order valence-corrected chi connectivity index (χ3v) is 3.67. The molecule has 0 bridgehead atoms. The minimum absolute atomic E-state index is 0.333. The molecule has 0 aliphatic carbocycles. The molecule has 0 spiro atoms. The van der Waals surface area contributed by atoms with Crippen molar-refractivity contribution in [1.29, 1.82) is 0 Å². The van der Waals surface area contributed by atoms with Gasteiger partial charge >= 0.3 is 0 Å². The first-order valence-corrected chi connectivity index (χ1v) is 5.77. The van der Waals surface area contributed by atoms with Gasteiger partial charge in [-0.2, -0.15) is 0 Å². The van der Waals surface area contributed by atoms with E-state index in [-0.39, 0.29) is 0 Å². The minimum atomic E-state index is 0.333. The summed E-state index contributed by atoms with van der Waals surface area (Å²) in [5.41, 5.74) is 6.23. The van der Waals surface area contributed by atoms with Crippen molar-refractivity contribution in [2.75, 3.05) is 5.73 Å². The predicted molar refractivity (Wildman–Crippen MR) is 64.8 cm³/mol. The van der Waals surface area contributed by atoms with E-state index in [4.69, 9.17) is 40.5 Å². The van der Waals surface area contributed by atoms with Crippen molar-refractivity contribution in [3.63, 3.8) is 0 Å². The van der Waals surface area contributed by atoms with E-state index in [0.29, 0.717) is 25.2 Å². The van der Waals surface area contributed by atoms with E-state index in [1.165, 1.54) is 11.3 Å². The zero-order chi connectivity index (χ0) is 11.0. The van der Waals surface area contributed by atoms with Gasteiger partial charge < -0.3 is 5.73 Å². The smallest absolute Gasteiger partial charge is 0.203 e. The Morgan fingerprint density at radius 3 is 2.13 bits per heavy atom. The Morgan fingerprint density at radius 1 is 1.07 bits per heavy atom. The van der Waals surface area contributed by atoms with E-state index in [0.717, 1.165) is 5.56 Å². The number of rotatable bonds is 1. The summed E-state index contributed by atoms with van der Waals surface area (Å²) < 4.78 is 0. The molecule has 0 unspecified atom stereocenters. The van der Waals surface area contributed by atoms with Crippen molar-refractivity contribution in [2.24, 2.45) is 0 Å². The molecule has 15 heavy (non-hydrogen) atoms. The van der Waals surface area contributed by atoms with Gasteiger partial charge in [-0.1, -0.05) is 46.1 Å². The van der Waals surface area contributed by atoms with Gasteiger partial charge in [0.1, 0.15) is 5.01 Å². The molecule has 1 aromatic heterocycles. The Hall–Kier alpha value is -0.550. The standard InChI is InChI=1S/C8H4Cl3N3S/c9-4-1-3(2-5(10)6(4)11)7-13-14-8(12)15-7/h1-2H,(H2,12,14). The quantitative estimate of drug-likeness (QED) is 0.809. The molecule has 0 aliphatic rings. The zero-order valence-electron chi connectivity index (χ0n) is 7.17. The van der Waals surface area contributed by atoms with Crippen LogP contribution >= 0.6 is 46.1 Å². The molecular weight excluding hydrogens is 277 g/mol. The fourth-order valence-electron chi connectivity index (χ4n) is 1.03. The maximum absolute atomic E-state index is 5.88. The Kier molecular flexibility index (Phi) is 3.02. The van der Waals surface area contributed by atoms with E-state index in [1.54, 1.807) is 12.1 Å². The summed E-state index contributed by atoms with van der Waals surface area (Å²) in [4.78, 5) is 0. The second kappa shape index (κ2) is 4.14. The van der Waals surface area contributed by atoms with E-state index in [1.807, 2.05) is 0 Å². The lowest BCUT2D eigenvalue weighted by Gasteiger charge is -2.01. The first-order chi connectivity index (χ1) is 7.08. The van der Waals surface area contributed by atoms with Crippen LogP contribution < -0.4 is 5.73 Å². The molecule has 2 rings (SSSR count). The molecule has 1 heterocycles. The van der Waals surface area contributed by atoms with E-state index in [2.05, 4.69) is 10.2 Å². The molecule has 0 aliphatic heterocycles. The monoisotopic (exact) mass is 279 g/mol. The third-order valence-electron chi connectivity index (χ3n) is 1.67. The van der Waals surface area contributed by atoms with Crippen molar-refractivity contribution in [3.8, 4) is 10.6 Å². The Balaban J connectivity index is 2.55. The molecule has 0 atom stereocenters. The number of benzene rings is 1. The van der Waals surface area contributed by atoms with Crippen LogP contribution in [-0.4, -0.2) is 10.2 Å². The first-order valence-electron chi connectivity index (χ1n) is 3.82. The summed E-state index contributed by atoms with van der Waals surface area (Å²) in [6.07, 6.45) is 0. The molecule has 0 radical (unpaired) electrons. The van der Waals surface area contributed by atoms with Crippen LogP contribution in [0.4, 0.5) is 5.13 Å². The highest BCUT2D eigenvalue weighted by Crippen LogP contribution is 2.36. The fourth-order valence-corrected chi connectivity index (χ4v) is 2.22. The molecule has 0 saturated carbocycles. The van der Waals surface area contributed by atoms with Gasteiger partial charge in [-0.05, 0) is 12.1 Å². The van der Waals surface area contributed by atoms with Gasteiger partial charge in [0.2, 0.25) is 5.13 Å². The first kappa shape index (κ1) is 11.0. The van der Waals surface area contributed by atoms with E-state index >= 15 is 0 Å². The van der Waals surface area contributed by atoms with Crippen LogP contribution in [0.25, 0.3) is 10.6 Å². The number of nitrogen functional groups attached to an aromatic ring is 1. The SMILES string of the molecule is Nc1nnc(-c2cc(Cl)c(Cl)c(Cl)c2)s1. The normalized spacial score (nSPS) is 10.6. The van der Waals surface area contributed by atoms with Crippen LogP contribution in [0, 0.1) is 0 Å². The van der Waals surface area contributed by atoms with E-state index in [9.17, 15) is 0 Å². The summed E-state index contributed by atoms with van der Waals surface area (Å²) in [6.45, 7) is 0. The van der Waals surface area contributed by atoms with Crippen LogP contribution in [0.15, 0.2) is 12.1 Å². The minimum Gasteiger partial charge on any atom is -0.374 e. The number of aromatic nitrogens is 2. The van der Waals surface area contributed by atoms with Gasteiger partial charge in [-0.25, -0.2) is 0 Å². The van der Waals surface area contributed by atoms with Crippen molar-refractivity contribution >= 4 is 51.3 Å². The van der Waals surface area contributed by atoms with Gasteiger partial charge in [0, 0.05) is 5.56 Å². The largest absolute Gasteiger partial charge is 0.374 e. The molecule has 0 amide bonds. The Bertz CT molecular complexity index is 489. The second-order valence-electron chi connectivity index (χ2n) is 2.70. The number of halogens is 3. The summed E-state index contributed by atoms with van der Waals surface area (Å²) in [7, 11) is 0. The second-order valence-corrected chi connectivity index (χ2v) is 4.90. The number of nitrogens with two attached hydrogens (primary N) is 1. The van der Waals surface area contributed by atoms with Gasteiger partial charge in [0.25, 0.3) is 0 Å². The van der Waals surface area contributed by atoms with Crippen molar-refractivity contribution in [2.45, 2.75) is 0 Å². The highest BCUT2D eigenvalue weighted by molar-refractivity contribution is 7.18. The molecule has 0 fully saturated rings. The van der Waals surface area contributed by atoms with Gasteiger partial charge in [0.05, 0.1) is 15.1 Å². The number of hydrogen-bond donors (Lipinski definition) is 1. The average Bonchev–Trinajstić information content (AvgIpc) is 2.60. The maximum Gasteiger partial charge on any atom is 0.203 e. The number of hydrogen-bond acceptors (Lipinski definition) is 4. The van der Waals surface area contributed by atoms with E-state index < -0.39 is 0 Å². The molecule has 2 aromatic rings. The summed E-state index contributed by atoms with van der Waals surface area (Å²) in [5.74, 6) is 0. The molecule has 78 valence electrons. The lowest BCUT2D eigenvalue weighted by Crippen LogP contribution is -1.81. The highest BCUT2D eigenvalue weighted by atomic mass is 35.5. The highest BCUT2D eigenvalue weighted by Gasteiger charge is 2.10. The van der Waals surface area contributed by atoms with Crippen molar-refractivity contribution < 1.29 is 0 Å². The van der Waals surface area contributed by atoms with Gasteiger partial charge in [0.15, 0.2) is 0 Å². The zero-order valence-corrected chi connectivity index (χ0v) is 10.3. The molecule has 2 N–H and O–H groups in total. The fraction of sp³-hybridized carbons (Fsp3) is 0. The van der Waals surface area contributed by atoms with Crippen LogP contribution in [0.3, 0.4) is 0 Å². The molecule has 0 saturated heterocycles. The molecular formula is C8H4Cl3N3S. The average molecular weight is 281 g/mol. The van der Waals surface area contributed by atoms with Crippen LogP contribution in [0.5, 0.6) is 0 Å². The number of nitrogens with zero attached hydrogens (tertiary/aromatic N) is 2. The Morgan fingerprint density at radius 2 is 1.67 bits per heavy atom. The topological polar surface area (TPSA) is 51.8 Å². The van der Waals surface area contributed by atoms with Crippen molar-refractivity contribution in [1.82, 2.24) is 10.2 Å². The summed E-state index contributed by atoms with van der Waals surface area (Å²) in [6, 6.07) is 3.35. The summed E-state index contributed by atoms with van der Waals surface area (Å²) in [5, 5.41) is 9.74. The molecule has 1 aromatic carbocycles. The molecule has 7 heteroatoms. The van der Waals surface area contributed by atoms with Gasteiger partial charge in [-0.3, -0.25) is 0 Å².